The number of benzene rings is 4. The van der Waals surface area contributed by atoms with Crippen molar-refractivity contribution in [3.63, 3.8) is 0 Å². The van der Waals surface area contributed by atoms with E-state index in [9.17, 15) is 36.2 Å². The van der Waals surface area contributed by atoms with Crippen LogP contribution in [0.1, 0.15) is 0 Å². The Labute approximate surface area is 204 Å². The fourth-order valence-corrected chi connectivity index (χ4v) is 4.36. The average Bonchev–Trinajstić information content (AvgIpc) is 2.80. The summed E-state index contributed by atoms with van der Waals surface area (Å²) >= 11 is 0. The first-order chi connectivity index (χ1) is 16.8. The van der Waals surface area contributed by atoms with Gasteiger partial charge >= 0.3 is 0 Å². The summed E-state index contributed by atoms with van der Waals surface area (Å²) in [6.45, 7) is 0. The van der Waals surface area contributed by atoms with Crippen LogP contribution in [0.2, 0.25) is 0 Å². The van der Waals surface area contributed by atoms with Crippen molar-refractivity contribution in [2.75, 3.05) is 11.1 Å². The lowest BCUT2D eigenvalue weighted by Crippen LogP contribution is -1.99. The van der Waals surface area contributed by atoms with Crippen molar-refractivity contribution in [1.82, 2.24) is 0 Å². The number of phenols is 2. The van der Waals surface area contributed by atoms with Crippen LogP contribution in [0.3, 0.4) is 0 Å². The molecule has 0 aliphatic heterocycles. The fourth-order valence-electron chi connectivity index (χ4n) is 3.32. The Balaban J connectivity index is 1.96. The molecule has 4 rings (SSSR count). The summed E-state index contributed by atoms with van der Waals surface area (Å²) in [4.78, 5) is -1.06. The maximum absolute atomic E-state index is 11.7. The monoisotopic (exact) mass is 530 g/mol. The number of fused-ring (bicyclic) bond motifs is 1. The lowest BCUT2D eigenvalue weighted by molar-refractivity contribution is 0.475. The predicted octanol–water partition coefficient (Wildman–Crippen LogP) is 4.49. The van der Waals surface area contributed by atoms with Gasteiger partial charge in [0.05, 0.1) is 26.9 Å². The van der Waals surface area contributed by atoms with E-state index in [1.807, 2.05) is 0 Å². The molecule has 0 aliphatic carbocycles. The molecule has 0 saturated carbocycles. The maximum Gasteiger partial charge on any atom is 0.294 e. The number of nitrogens with two attached hydrogens (primary N) is 1. The molecule has 0 heterocycles. The Bertz CT molecular complexity index is 1750. The first-order valence-corrected chi connectivity index (χ1v) is 12.8. The molecule has 4 aromatic carbocycles. The van der Waals surface area contributed by atoms with Gasteiger partial charge in [-0.15, -0.1) is 10.2 Å². The zero-order valence-electron chi connectivity index (χ0n) is 18.1. The highest BCUT2D eigenvalue weighted by Gasteiger charge is 2.18. The summed E-state index contributed by atoms with van der Waals surface area (Å²) in [6, 6.07) is 14.9. The molecule has 12 nitrogen and oxygen atoms in total. The molecule has 0 unspecified atom stereocenters. The summed E-state index contributed by atoms with van der Waals surface area (Å²) in [6.07, 6.45) is 0. The van der Waals surface area contributed by atoms with E-state index in [4.69, 9.17) is 5.73 Å². The molecule has 36 heavy (non-hydrogen) atoms. The van der Waals surface area contributed by atoms with Crippen LogP contribution < -0.4 is 11.1 Å². The SMILES string of the molecule is Nc1cc(S(=O)(=O)O)cc(N=Nc2c(Nc3ccccc3O)ccc3ccc(S(=O)(=O)O)cc23)c1O. The van der Waals surface area contributed by atoms with E-state index in [1.54, 1.807) is 30.3 Å². The van der Waals surface area contributed by atoms with Gasteiger partial charge in [0.1, 0.15) is 17.1 Å². The maximum atomic E-state index is 11.7. The number of hydrogen-bond acceptors (Lipinski definition) is 10. The Morgan fingerprint density at radius 3 is 2.08 bits per heavy atom. The Kier molecular flexibility index (Phi) is 6.28. The lowest BCUT2D eigenvalue weighted by atomic mass is 10.1. The van der Waals surface area contributed by atoms with Crippen molar-refractivity contribution >= 4 is 59.4 Å². The third kappa shape index (κ3) is 5.06. The van der Waals surface area contributed by atoms with Crippen LogP contribution in [0.4, 0.5) is 28.4 Å². The smallest absolute Gasteiger partial charge is 0.294 e. The highest BCUT2D eigenvalue weighted by atomic mass is 32.2. The normalized spacial score (nSPS) is 12.3. The van der Waals surface area contributed by atoms with E-state index in [1.165, 1.54) is 18.2 Å². The minimum atomic E-state index is -4.69. The van der Waals surface area contributed by atoms with E-state index in [0.29, 0.717) is 5.39 Å². The molecule has 14 heteroatoms. The van der Waals surface area contributed by atoms with Crippen LogP contribution >= 0.6 is 0 Å². The third-order valence-corrected chi connectivity index (χ3v) is 6.77. The van der Waals surface area contributed by atoms with Crippen LogP contribution in [0, 0.1) is 0 Å². The zero-order chi connectivity index (χ0) is 26.3. The largest absolute Gasteiger partial charge is 0.506 e. The van der Waals surface area contributed by atoms with Gasteiger partial charge in [-0.05, 0) is 47.9 Å². The molecular weight excluding hydrogens is 512 g/mol. The zero-order valence-corrected chi connectivity index (χ0v) is 19.7. The lowest BCUT2D eigenvalue weighted by Gasteiger charge is -2.13. The van der Waals surface area contributed by atoms with Crippen LogP contribution in [-0.4, -0.2) is 36.2 Å². The summed E-state index contributed by atoms with van der Waals surface area (Å²) in [5.41, 5.74) is 5.36. The van der Waals surface area contributed by atoms with E-state index in [0.717, 1.165) is 18.2 Å². The number of phenolic OH excluding ortho intramolecular Hbond substituents is 2. The van der Waals surface area contributed by atoms with Gasteiger partial charge in [-0.25, -0.2) is 0 Å². The number of azo groups is 1. The summed E-state index contributed by atoms with van der Waals surface area (Å²) in [5.74, 6) is -0.710. The molecule has 0 aromatic heterocycles. The number of nitrogens with one attached hydrogen (secondary N) is 1. The van der Waals surface area contributed by atoms with Gasteiger partial charge in [0.25, 0.3) is 20.2 Å². The van der Waals surface area contributed by atoms with Crippen molar-refractivity contribution in [1.29, 1.82) is 0 Å². The third-order valence-electron chi connectivity index (χ3n) is 5.08. The second-order valence-electron chi connectivity index (χ2n) is 7.52. The van der Waals surface area contributed by atoms with Gasteiger partial charge in [-0.2, -0.15) is 16.8 Å². The number of anilines is 3. The minimum absolute atomic E-state index is 0.0106. The molecule has 0 amide bonds. The van der Waals surface area contributed by atoms with Gasteiger partial charge in [0.15, 0.2) is 5.75 Å². The number of hydrogen-bond donors (Lipinski definition) is 6. The van der Waals surface area contributed by atoms with Crippen LogP contribution in [0.5, 0.6) is 11.5 Å². The van der Waals surface area contributed by atoms with E-state index < -0.39 is 47.2 Å². The molecule has 0 aliphatic rings. The molecule has 0 saturated heterocycles. The van der Waals surface area contributed by atoms with Crippen molar-refractivity contribution in [3.8, 4) is 11.5 Å². The molecular formula is C22H18N4O8S2. The van der Waals surface area contributed by atoms with Crippen molar-refractivity contribution < 1.29 is 36.2 Å². The fraction of sp³-hybridized carbons (Fsp3) is 0. The first kappa shape index (κ1) is 24.9. The second kappa shape index (κ2) is 9.09. The second-order valence-corrected chi connectivity index (χ2v) is 10.4. The summed E-state index contributed by atoms with van der Waals surface area (Å²) in [5, 5.41) is 32.0. The van der Waals surface area contributed by atoms with Crippen LogP contribution in [0.15, 0.2) is 86.7 Å². The van der Waals surface area contributed by atoms with Gasteiger partial charge in [0, 0.05) is 5.39 Å². The Morgan fingerprint density at radius 2 is 1.42 bits per heavy atom. The van der Waals surface area contributed by atoms with Gasteiger partial charge < -0.3 is 21.3 Å². The molecule has 0 atom stereocenters. The number of para-hydroxylation sites is 2. The van der Waals surface area contributed by atoms with Crippen LogP contribution in [0.25, 0.3) is 10.8 Å². The molecule has 0 bridgehead atoms. The van der Waals surface area contributed by atoms with E-state index in [2.05, 4.69) is 15.5 Å². The van der Waals surface area contributed by atoms with Crippen molar-refractivity contribution in [3.05, 3.63) is 66.7 Å². The molecule has 0 spiro atoms. The van der Waals surface area contributed by atoms with Crippen molar-refractivity contribution in [2.24, 2.45) is 10.2 Å². The molecule has 4 aromatic rings. The minimum Gasteiger partial charge on any atom is -0.506 e. The van der Waals surface area contributed by atoms with Crippen LogP contribution in [-0.2, 0) is 20.2 Å². The predicted molar refractivity (Wildman–Crippen MR) is 132 cm³/mol. The molecule has 0 radical (unpaired) electrons. The number of nitrogen functional groups attached to an aromatic ring is 1. The summed E-state index contributed by atoms with van der Waals surface area (Å²) < 4.78 is 65.4. The highest BCUT2D eigenvalue weighted by Crippen LogP contribution is 2.41. The standard InChI is InChI=1S/C22H18N4O8S2/c23-16-10-14(36(32,33)34)11-19(22(16)28)25-26-21-15-9-13(35(29,30)31)7-5-12(15)6-8-18(21)24-17-3-1-2-4-20(17)27/h1-11,24,27-28H,23H2,(H,29,30,31)(H,32,33,34). The van der Waals surface area contributed by atoms with E-state index >= 15 is 0 Å². The van der Waals surface area contributed by atoms with Gasteiger partial charge in [0.2, 0.25) is 0 Å². The summed E-state index contributed by atoms with van der Waals surface area (Å²) in [7, 11) is -9.26. The number of nitrogens with zero attached hydrogens (tertiary/aromatic N) is 2. The molecule has 7 N–H and O–H groups in total. The highest BCUT2D eigenvalue weighted by molar-refractivity contribution is 7.86. The van der Waals surface area contributed by atoms with Crippen molar-refractivity contribution in [2.45, 2.75) is 9.79 Å². The first-order valence-electron chi connectivity index (χ1n) is 9.95. The Hall–Kier alpha value is -4.24. The Morgan fingerprint density at radius 1 is 0.750 bits per heavy atom. The van der Waals surface area contributed by atoms with Gasteiger partial charge in [-0.3, -0.25) is 9.11 Å². The average molecular weight is 531 g/mol. The van der Waals surface area contributed by atoms with E-state index in [-0.39, 0.29) is 28.2 Å². The molecule has 186 valence electrons. The van der Waals surface area contributed by atoms with Gasteiger partial charge in [-0.1, -0.05) is 24.3 Å². The quantitative estimate of drug-likeness (QED) is 0.0889. The topological polar surface area (TPSA) is 212 Å². The molecule has 0 fully saturated rings. The number of rotatable bonds is 6. The number of aromatic hydroxyl groups is 2.